The first-order chi connectivity index (χ1) is 8.18. The number of carbonyl (C=O) groups excluding carboxylic acids is 1. The summed E-state index contributed by atoms with van der Waals surface area (Å²) >= 11 is 0. The average Bonchev–Trinajstić information content (AvgIpc) is 2.32. The summed E-state index contributed by atoms with van der Waals surface area (Å²) in [6.45, 7) is 2.13. The molecule has 1 aliphatic carbocycles. The summed E-state index contributed by atoms with van der Waals surface area (Å²) in [5.74, 6) is -0.422. The highest BCUT2D eigenvalue weighted by molar-refractivity contribution is 5.94. The maximum absolute atomic E-state index is 13.4. The number of hydrogen-bond acceptors (Lipinski definition) is 2. The van der Waals surface area contributed by atoms with E-state index < -0.39 is 5.82 Å². The molecule has 0 radical (unpaired) electrons. The number of amides is 1. The Morgan fingerprint density at radius 1 is 1.47 bits per heavy atom. The fraction of sp³-hybridized carbons (Fsp3) is 0.538. The Morgan fingerprint density at radius 3 is 2.94 bits per heavy atom. The molecule has 2 atom stereocenters. The molecule has 4 heteroatoms. The zero-order valence-corrected chi connectivity index (χ0v) is 9.95. The molecule has 1 aliphatic rings. The third kappa shape index (κ3) is 2.81. The normalized spacial score (nSPS) is 24.4. The van der Waals surface area contributed by atoms with Crippen LogP contribution in [0, 0.1) is 11.7 Å². The van der Waals surface area contributed by atoms with E-state index in [2.05, 4.69) is 17.2 Å². The van der Waals surface area contributed by atoms with Crippen molar-refractivity contribution in [2.45, 2.75) is 38.6 Å². The summed E-state index contributed by atoms with van der Waals surface area (Å²) in [7, 11) is 0. The smallest absolute Gasteiger partial charge is 0.254 e. The number of aromatic nitrogens is 1. The van der Waals surface area contributed by atoms with Crippen molar-refractivity contribution in [2.24, 2.45) is 5.92 Å². The Balaban J connectivity index is 2.04. The molecule has 1 amide bonds. The van der Waals surface area contributed by atoms with Gasteiger partial charge < -0.3 is 5.32 Å². The maximum Gasteiger partial charge on any atom is 0.254 e. The number of nitrogens with zero attached hydrogens (tertiary/aromatic N) is 1. The zero-order valence-electron chi connectivity index (χ0n) is 9.95. The highest BCUT2D eigenvalue weighted by Crippen LogP contribution is 2.24. The van der Waals surface area contributed by atoms with Gasteiger partial charge in [-0.3, -0.25) is 9.78 Å². The second kappa shape index (κ2) is 5.25. The van der Waals surface area contributed by atoms with Crippen molar-refractivity contribution in [2.75, 3.05) is 0 Å². The summed E-state index contributed by atoms with van der Waals surface area (Å²) < 4.78 is 13.4. The van der Waals surface area contributed by atoms with Gasteiger partial charge in [-0.2, -0.15) is 0 Å². The van der Waals surface area contributed by atoms with Crippen LogP contribution in [0.4, 0.5) is 4.39 Å². The fourth-order valence-electron chi connectivity index (χ4n) is 2.34. The lowest BCUT2D eigenvalue weighted by Gasteiger charge is -2.29. The van der Waals surface area contributed by atoms with Gasteiger partial charge in [0.25, 0.3) is 5.91 Å². The minimum absolute atomic E-state index is 0.0813. The number of pyridine rings is 1. The second-order valence-corrected chi connectivity index (χ2v) is 4.70. The van der Waals surface area contributed by atoms with Crippen LogP contribution in [0.3, 0.4) is 0 Å². The van der Waals surface area contributed by atoms with Gasteiger partial charge in [0.1, 0.15) is 0 Å². The molecule has 1 aromatic rings. The third-order valence-electron chi connectivity index (χ3n) is 3.45. The lowest BCUT2D eigenvalue weighted by atomic mass is 9.86. The van der Waals surface area contributed by atoms with E-state index in [-0.39, 0.29) is 17.5 Å². The quantitative estimate of drug-likeness (QED) is 0.857. The van der Waals surface area contributed by atoms with Crippen LogP contribution < -0.4 is 5.32 Å². The largest absolute Gasteiger partial charge is 0.349 e. The molecule has 17 heavy (non-hydrogen) atoms. The van der Waals surface area contributed by atoms with Crippen molar-refractivity contribution < 1.29 is 9.18 Å². The van der Waals surface area contributed by atoms with E-state index in [1.807, 2.05) is 0 Å². The minimum atomic E-state index is -0.562. The van der Waals surface area contributed by atoms with Crippen molar-refractivity contribution in [3.63, 3.8) is 0 Å². The van der Waals surface area contributed by atoms with Gasteiger partial charge in [0, 0.05) is 12.2 Å². The summed E-state index contributed by atoms with van der Waals surface area (Å²) in [6, 6.07) is 1.59. The SMILES string of the molecule is CC1CCCCC1NC(=O)c1ccncc1F. The standard InChI is InChI=1S/C13H17FN2O/c1-9-4-2-3-5-12(9)16-13(17)10-6-7-15-8-11(10)14/h6-9,12H,2-5H2,1H3,(H,16,17). The number of hydrogen-bond donors (Lipinski definition) is 1. The molecule has 1 saturated carbocycles. The van der Waals surface area contributed by atoms with Crippen LogP contribution in [0.5, 0.6) is 0 Å². The van der Waals surface area contributed by atoms with Gasteiger partial charge in [0.05, 0.1) is 11.8 Å². The maximum atomic E-state index is 13.4. The lowest BCUT2D eigenvalue weighted by molar-refractivity contribution is 0.0906. The van der Waals surface area contributed by atoms with E-state index in [0.29, 0.717) is 5.92 Å². The molecule has 1 fully saturated rings. The predicted octanol–water partition coefficient (Wildman–Crippen LogP) is 2.53. The molecule has 0 aliphatic heterocycles. The molecule has 1 N–H and O–H groups in total. The number of halogens is 1. The van der Waals surface area contributed by atoms with Crippen molar-refractivity contribution in [1.29, 1.82) is 0 Å². The first kappa shape index (κ1) is 12.0. The summed E-state index contributed by atoms with van der Waals surface area (Å²) in [6.07, 6.45) is 6.97. The molecule has 0 saturated heterocycles. The molecular formula is C13H17FN2O. The monoisotopic (exact) mass is 236 g/mol. The van der Waals surface area contributed by atoms with Crippen molar-refractivity contribution >= 4 is 5.91 Å². The van der Waals surface area contributed by atoms with E-state index in [9.17, 15) is 9.18 Å². The van der Waals surface area contributed by atoms with Gasteiger partial charge in [-0.15, -0.1) is 0 Å². The molecule has 2 unspecified atom stereocenters. The van der Waals surface area contributed by atoms with Crippen LogP contribution in [0.2, 0.25) is 0 Å². The van der Waals surface area contributed by atoms with Gasteiger partial charge >= 0.3 is 0 Å². The number of carbonyl (C=O) groups is 1. The molecule has 0 aromatic carbocycles. The van der Waals surface area contributed by atoms with E-state index in [4.69, 9.17) is 0 Å². The van der Waals surface area contributed by atoms with Crippen LogP contribution >= 0.6 is 0 Å². The van der Waals surface area contributed by atoms with Crippen LogP contribution in [0.15, 0.2) is 18.5 Å². The van der Waals surface area contributed by atoms with E-state index in [0.717, 1.165) is 25.5 Å². The molecule has 3 nitrogen and oxygen atoms in total. The van der Waals surface area contributed by atoms with Crippen LogP contribution in [-0.2, 0) is 0 Å². The van der Waals surface area contributed by atoms with Gasteiger partial charge in [0.2, 0.25) is 0 Å². The Bertz CT molecular complexity index is 408. The van der Waals surface area contributed by atoms with Crippen LogP contribution in [-0.4, -0.2) is 16.9 Å². The van der Waals surface area contributed by atoms with Crippen LogP contribution in [0.1, 0.15) is 43.0 Å². The zero-order chi connectivity index (χ0) is 12.3. The van der Waals surface area contributed by atoms with E-state index in [1.165, 1.54) is 18.7 Å². The van der Waals surface area contributed by atoms with Crippen molar-refractivity contribution in [3.05, 3.63) is 29.8 Å². The van der Waals surface area contributed by atoms with Crippen molar-refractivity contribution in [1.82, 2.24) is 10.3 Å². The predicted molar refractivity (Wildman–Crippen MR) is 63.1 cm³/mol. The Hall–Kier alpha value is -1.45. The van der Waals surface area contributed by atoms with Gasteiger partial charge in [-0.1, -0.05) is 19.8 Å². The fourth-order valence-corrected chi connectivity index (χ4v) is 2.34. The molecule has 0 bridgehead atoms. The van der Waals surface area contributed by atoms with Gasteiger partial charge in [0.15, 0.2) is 5.82 Å². The first-order valence-electron chi connectivity index (χ1n) is 6.09. The van der Waals surface area contributed by atoms with Crippen LogP contribution in [0.25, 0.3) is 0 Å². The molecular weight excluding hydrogens is 219 g/mol. The second-order valence-electron chi connectivity index (χ2n) is 4.70. The average molecular weight is 236 g/mol. The highest BCUT2D eigenvalue weighted by atomic mass is 19.1. The van der Waals surface area contributed by atoms with Gasteiger partial charge in [-0.25, -0.2) is 4.39 Å². The third-order valence-corrected chi connectivity index (χ3v) is 3.45. The molecule has 0 spiro atoms. The summed E-state index contributed by atoms with van der Waals surface area (Å²) in [5, 5.41) is 2.92. The van der Waals surface area contributed by atoms with E-state index in [1.54, 1.807) is 0 Å². The molecule has 1 aromatic heterocycles. The lowest BCUT2D eigenvalue weighted by Crippen LogP contribution is -2.41. The highest BCUT2D eigenvalue weighted by Gasteiger charge is 2.24. The summed E-state index contributed by atoms with van der Waals surface area (Å²) in [5.41, 5.74) is 0.0813. The number of nitrogens with one attached hydrogen (secondary N) is 1. The van der Waals surface area contributed by atoms with E-state index >= 15 is 0 Å². The minimum Gasteiger partial charge on any atom is -0.349 e. The topological polar surface area (TPSA) is 42.0 Å². The number of rotatable bonds is 2. The molecule has 1 heterocycles. The van der Waals surface area contributed by atoms with Gasteiger partial charge in [-0.05, 0) is 24.8 Å². The Labute approximate surface area is 100 Å². The molecule has 2 rings (SSSR count). The molecule has 92 valence electrons. The van der Waals surface area contributed by atoms with Crippen molar-refractivity contribution in [3.8, 4) is 0 Å². The Morgan fingerprint density at radius 2 is 2.24 bits per heavy atom. The Kier molecular flexibility index (Phi) is 3.71. The first-order valence-corrected chi connectivity index (χ1v) is 6.09. The summed E-state index contributed by atoms with van der Waals surface area (Å²) in [4.78, 5) is 15.5.